The Morgan fingerprint density at radius 3 is 2.16 bits per heavy atom. The Bertz CT molecular complexity index is 807. The van der Waals surface area contributed by atoms with Gasteiger partial charge in [-0.15, -0.1) is 4.72 Å². The normalized spacial score (nSPS) is 15.9. The van der Waals surface area contributed by atoms with E-state index >= 15 is 0 Å². The molecule has 0 spiro atoms. The fourth-order valence-corrected chi connectivity index (χ4v) is 4.86. The van der Waals surface area contributed by atoms with E-state index in [9.17, 15) is 4.55 Å². The van der Waals surface area contributed by atoms with Crippen LogP contribution >= 0.6 is 0 Å². The third kappa shape index (κ3) is 7.97. The molecule has 0 saturated carbocycles. The first-order valence-electron chi connectivity index (χ1n) is 11.2. The minimum atomic E-state index is -2.15. The molecule has 0 bridgehead atoms. The van der Waals surface area contributed by atoms with Crippen LogP contribution in [0.15, 0.2) is 54.7 Å². The predicted octanol–water partition coefficient (Wildman–Crippen LogP) is 5.78. The molecule has 1 aromatic heterocycles. The van der Waals surface area contributed by atoms with Crippen LogP contribution in [0.25, 0.3) is 0 Å². The fraction of sp³-hybridized carbons (Fsp3) is 0.560. The molecule has 178 valence electrons. The molecule has 0 amide bonds. The van der Waals surface area contributed by atoms with E-state index in [0.717, 1.165) is 11.3 Å². The average Bonchev–Trinajstić information content (AvgIpc) is 2.71. The molecule has 32 heavy (non-hydrogen) atoms. The van der Waals surface area contributed by atoms with Crippen LogP contribution in [0.2, 0.25) is 18.1 Å². The third-order valence-corrected chi connectivity index (χ3v) is 11.9. The molecule has 0 aliphatic carbocycles. The summed E-state index contributed by atoms with van der Waals surface area (Å²) in [5.41, 5.74) is 1.92. The van der Waals surface area contributed by atoms with Gasteiger partial charge >= 0.3 is 0 Å². The van der Waals surface area contributed by atoms with E-state index in [1.165, 1.54) is 0 Å². The van der Waals surface area contributed by atoms with Gasteiger partial charge in [0.25, 0.3) is 0 Å². The van der Waals surface area contributed by atoms with Gasteiger partial charge in [0.15, 0.2) is 8.32 Å². The number of nitrogens with zero attached hydrogens (tertiary/aromatic N) is 1. The van der Waals surface area contributed by atoms with Gasteiger partial charge in [-0.25, -0.2) is 0 Å². The Balaban J connectivity index is 2.33. The minimum Gasteiger partial charge on any atom is -0.598 e. The Morgan fingerprint density at radius 1 is 1.00 bits per heavy atom. The molecule has 0 aliphatic rings. The Kier molecular flexibility index (Phi) is 9.52. The highest BCUT2D eigenvalue weighted by atomic mass is 32.2. The molecule has 1 aromatic carbocycles. The maximum atomic E-state index is 13.1. The fourth-order valence-electron chi connectivity index (χ4n) is 2.76. The highest BCUT2D eigenvalue weighted by Gasteiger charge is 2.43. The minimum absolute atomic E-state index is 0.0264. The first kappa shape index (κ1) is 27.0. The highest BCUT2D eigenvalue weighted by molar-refractivity contribution is 7.90. The summed E-state index contributed by atoms with van der Waals surface area (Å²) in [4.78, 5) is 4.60. The van der Waals surface area contributed by atoms with Crippen LogP contribution in [-0.4, -0.2) is 35.2 Å². The monoisotopic (exact) mass is 476 g/mol. The van der Waals surface area contributed by atoms with E-state index in [2.05, 4.69) is 43.6 Å². The van der Waals surface area contributed by atoms with E-state index < -0.39 is 24.4 Å². The number of rotatable bonds is 10. The summed E-state index contributed by atoms with van der Waals surface area (Å²) in [6.45, 7) is 17.8. The number of hydrogen-bond acceptors (Lipinski definition) is 5. The van der Waals surface area contributed by atoms with Gasteiger partial charge in [-0.3, -0.25) is 4.98 Å². The van der Waals surface area contributed by atoms with Crippen molar-refractivity contribution in [2.24, 2.45) is 0 Å². The van der Waals surface area contributed by atoms with E-state index in [1.807, 2.05) is 69.3 Å². The molecule has 0 radical (unpaired) electrons. The summed E-state index contributed by atoms with van der Waals surface area (Å²) < 4.78 is 29.0. The predicted molar refractivity (Wildman–Crippen MR) is 136 cm³/mol. The van der Waals surface area contributed by atoms with Gasteiger partial charge in [0.1, 0.15) is 16.9 Å². The van der Waals surface area contributed by atoms with Crippen molar-refractivity contribution in [3.8, 4) is 0 Å². The zero-order valence-corrected chi connectivity index (χ0v) is 22.7. The van der Waals surface area contributed by atoms with Gasteiger partial charge in [-0.1, -0.05) is 57.2 Å². The maximum Gasteiger partial charge on any atom is 0.193 e. The number of pyridine rings is 1. The summed E-state index contributed by atoms with van der Waals surface area (Å²) >= 11 is -1.28. The van der Waals surface area contributed by atoms with Crippen molar-refractivity contribution in [1.29, 1.82) is 0 Å². The molecule has 0 saturated heterocycles. The number of hydrogen-bond donors (Lipinski definition) is 1. The van der Waals surface area contributed by atoms with E-state index in [4.69, 9.17) is 9.16 Å². The molecule has 3 atom stereocenters. The molecular weight excluding hydrogens is 436 g/mol. The van der Waals surface area contributed by atoms with Gasteiger partial charge in [0.2, 0.25) is 0 Å². The van der Waals surface area contributed by atoms with Crippen LogP contribution < -0.4 is 4.72 Å². The molecule has 0 aliphatic heterocycles. The van der Waals surface area contributed by atoms with E-state index in [-0.39, 0.29) is 17.2 Å². The molecule has 1 heterocycles. The average molecular weight is 477 g/mol. The van der Waals surface area contributed by atoms with Gasteiger partial charge in [0, 0.05) is 17.6 Å². The van der Waals surface area contributed by atoms with Crippen LogP contribution in [0.5, 0.6) is 0 Å². The third-order valence-electron chi connectivity index (χ3n) is 5.80. The number of nitrogens with one attached hydrogen (secondary N) is 1. The second kappa shape index (κ2) is 11.3. The Hall–Kier alpha value is -1.22. The quantitative estimate of drug-likeness (QED) is 0.348. The van der Waals surface area contributed by atoms with Crippen molar-refractivity contribution < 1.29 is 13.7 Å². The summed E-state index contributed by atoms with van der Waals surface area (Å²) in [7, 11) is -2.15. The zero-order valence-electron chi connectivity index (χ0n) is 20.8. The van der Waals surface area contributed by atoms with Crippen LogP contribution in [0, 0.1) is 0 Å². The van der Waals surface area contributed by atoms with Crippen molar-refractivity contribution in [2.75, 3.05) is 6.61 Å². The first-order valence-corrected chi connectivity index (χ1v) is 15.3. The molecule has 0 fully saturated rings. The summed E-state index contributed by atoms with van der Waals surface area (Å²) in [6, 6.07) is 15.6. The second-order valence-corrected chi connectivity index (χ2v) is 17.4. The lowest BCUT2D eigenvalue weighted by atomic mass is 10.1. The van der Waals surface area contributed by atoms with E-state index in [0.29, 0.717) is 13.2 Å². The van der Waals surface area contributed by atoms with Crippen LogP contribution in [0.3, 0.4) is 0 Å². The van der Waals surface area contributed by atoms with Crippen LogP contribution in [0.1, 0.15) is 58.9 Å². The van der Waals surface area contributed by atoms with Crippen molar-refractivity contribution in [3.63, 3.8) is 0 Å². The molecule has 1 N–H and O–H groups in total. The largest absolute Gasteiger partial charge is 0.598 e. The summed E-state index contributed by atoms with van der Waals surface area (Å²) in [6.07, 6.45) is 1.40. The van der Waals surface area contributed by atoms with Gasteiger partial charge in [0.05, 0.1) is 18.9 Å². The van der Waals surface area contributed by atoms with Crippen molar-refractivity contribution in [3.05, 3.63) is 66.0 Å². The number of benzene rings is 1. The first-order chi connectivity index (χ1) is 14.8. The van der Waals surface area contributed by atoms with Crippen molar-refractivity contribution in [1.82, 2.24) is 9.71 Å². The lowest BCUT2D eigenvalue weighted by Gasteiger charge is -2.41. The smallest absolute Gasteiger partial charge is 0.193 e. The molecule has 5 nitrogen and oxygen atoms in total. The summed E-state index contributed by atoms with van der Waals surface area (Å²) in [5.74, 6) is 0. The molecule has 2 unspecified atom stereocenters. The van der Waals surface area contributed by atoms with Gasteiger partial charge in [-0.05, 0) is 56.6 Å². The summed E-state index contributed by atoms with van der Waals surface area (Å²) in [5, 5.41) is 0.0264. The van der Waals surface area contributed by atoms with Crippen LogP contribution in [0.4, 0.5) is 0 Å². The van der Waals surface area contributed by atoms with Crippen molar-refractivity contribution >= 4 is 19.7 Å². The topological polar surface area (TPSA) is 66.4 Å². The number of aromatic nitrogens is 1. The van der Waals surface area contributed by atoms with Gasteiger partial charge in [-0.2, -0.15) is 0 Å². The highest BCUT2D eigenvalue weighted by Crippen LogP contribution is 2.40. The van der Waals surface area contributed by atoms with Crippen LogP contribution in [-0.2, 0) is 27.1 Å². The van der Waals surface area contributed by atoms with E-state index in [1.54, 1.807) is 6.20 Å². The van der Waals surface area contributed by atoms with Crippen molar-refractivity contribution in [2.45, 2.75) is 83.2 Å². The standard InChI is InChI=1S/C25H40N2O3SSi/c1-24(2,3)31(28)27-22(19-29-18-20-14-10-9-11-15-20)23(21-16-12-13-17-26-21)30-32(7,8)25(4,5)6/h9-17,22-23,27H,18-19H2,1-8H3/t22?,23?,31-/m1/s1. The molecule has 2 rings (SSSR count). The second-order valence-electron chi connectivity index (χ2n) is 10.7. The van der Waals surface area contributed by atoms with Gasteiger partial charge < -0.3 is 13.7 Å². The Labute approximate surface area is 198 Å². The lowest BCUT2D eigenvalue weighted by molar-refractivity contribution is 0.0515. The lowest BCUT2D eigenvalue weighted by Crippen LogP contribution is -2.52. The maximum absolute atomic E-state index is 13.1. The Morgan fingerprint density at radius 2 is 1.62 bits per heavy atom. The molecule has 7 heteroatoms. The number of ether oxygens (including phenoxy) is 1. The SMILES string of the molecule is CC(C)(C)[S@@+]([O-])NC(COCc1ccccc1)C(O[Si](C)(C)C(C)(C)C)c1ccccn1. The zero-order chi connectivity index (χ0) is 24.0. The molecule has 2 aromatic rings. The molecular formula is C25H40N2O3SSi.